The van der Waals surface area contributed by atoms with Gasteiger partial charge in [-0.1, -0.05) is 83.1 Å². The molecule has 3 aromatic carbocycles. The Morgan fingerprint density at radius 1 is 0.852 bits per heavy atom. The molecule has 0 atom stereocenters. The van der Waals surface area contributed by atoms with Crippen molar-refractivity contribution in [3.63, 3.8) is 0 Å². The third-order valence-corrected chi connectivity index (χ3v) is 6.21. The average Bonchev–Trinajstić information content (AvgIpc) is 2.64. The predicted octanol–water partition coefficient (Wildman–Crippen LogP) is 6.99. The molecule has 4 aromatic rings. The summed E-state index contributed by atoms with van der Waals surface area (Å²) < 4.78 is 0. The molecule has 0 aliphatic heterocycles. The molecule has 1 aliphatic rings. The Hall–Kier alpha value is -2.67. The molecule has 0 bridgehead atoms. The maximum Gasteiger partial charge on any atom is 0.0786 e. The molecule has 0 N–H and O–H groups in total. The van der Waals surface area contributed by atoms with Gasteiger partial charge in [0.1, 0.15) is 0 Å². The van der Waals surface area contributed by atoms with E-state index in [1.54, 1.807) is 0 Å². The number of pyridine rings is 1. The zero-order valence-corrected chi connectivity index (χ0v) is 16.7. The molecule has 1 aliphatic carbocycles. The van der Waals surface area contributed by atoms with Gasteiger partial charge in [0.25, 0.3) is 0 Å². The zero-order chi connectivity index (χ0) is 19.0. The fourth-order valence-corrected chi connectivity index (χ4v) is 4.72. The highest BCUT2D eigenvalue weighted by atomic mass is 14.7. The Morgan fingerprint density at radius 2 is 1.63 bits per heavy atom. The summed E-state index contributed by atoms with van der Waals surface area (Å²) in [7, 11) is 0. The molecule has 5 rings (SSSR count). The van der Waals surface area contributed by atoms with Crippen molar-refractivity contribution in [3.05, 3.63) is 77.5 Å². The molecule has 1 heteroatoms. The van der Waals surface area contributed by atoms with Gasteiger partial charge < -0.3 is 0 Å². The predicted molar refractivity (Wildman–Crippen MR) is 116 cm³/mol. The van der Waals surface area contributed by atoms with Crippen molar-refractivity contribution in [2.24, 2.45) is 0 Å². The molecule has 27 heavy (non-hydrogen) atoms. The number of benzene rings is 3. The molecular weight excluding hydrogens is 326 g/mol. The molecule has 0 radical (unpaired) electrons. The van der Waals surface area contributed by atoms with E-state index in [2.05, 4.69) is 89.2 Å². The lowest BCUT2D eigenvalue weighted by Crippen LogP contribution is -2.26. The normalized spacial score (nSPS) is 15.1. The van der Waals surface area contributed by atoms with Crippen LogP contribution in [0.1, 0.15) is 51.3 Å². The van der Waals surface area contributed by atoms with Crippen LogP contribution in [0, 0.1) is 0 Å². The maximum absolute atomic E-state index is 4.84. The Balaban J connectivity index is 1.99. The molecule has 0 unspecified atom stereocenters. The number of hydrogen-bond acceptors (Lipinski definition) is 1. The Morgan fingerprint density at radius 3 is 2.41 bits per heavy atom. The molecule has 134 valence electrons. The first-order valence-electron chi connectivity index (χ1n) is 9.75. The van der Waals surface area contributed by atoms with Crippen molar-refractivity contribution in [3.8, 4) is 11.3 Å². The summed E-state index contributed by atoms with van der Waals surface area (Å²) in [6.07, 6.45) is 1.96. The molecule has 0 amide bonds. The van der Waals surface area contributed by atoms with Crippen LogP contribution < -0.4 is 0 Å². The first-order valence-corrected chi connectivity index (χ1v) is 9.75. The van der Waals surface area contributed by atoms with Crippen LogP contribution in [-0.4, -0.2) is 4.98 Å². The molecular formula is C26H25N. The zero-order valence-electron chi connectivity index (χ0n) is 16.7. The van der Waals surface area contributed by atoms with Crippen LogP contribution in [0.15, 0.2) is 60.8 Å². The lowest BCUT2D eigenvalue weighted by molar-refractivity contribution is 0.584. The van der Waals surface area contributed by atoms with Gasteiger partial charge >= 0.3 is 0 Å². The van der Waals surface area contributed by atoms with Gasteiger partial charge in [-0.25, -0.2) is 0 Å². The van der Waals surface area contributed by atoms with Crippen molar-refractivity contribution in [1.82, 2.24) is 4.98 Å². The monoisotopic (exact) mass is 351 g/mol. The second kappa shape index (κ2) is 5.19. The minimum absolute atomic E-state index is 0.0776. The van der Waals surface area contributed by atoms with Crippen molar-refractivity contribution < 1.29 is 0 Å². The van der Waals surface area contributed by atoms with Crippen LogP contribution in [0.4, 0.5) is 0 Å². The molecule has 1 nitrogen and oxygen atoms in total. The summed E-state index contributed by atoms with van der Waals surface area (Å²) in [6, 6.07) is 20.2. The van der Waals surface area contributed by atoms with E-state index < -0.39 is 0 Å². The highest BCUT2D eigenvalue weighted by Crippen LogP contribution is 2.50. The van der Waals surface area contributed by atoms with E-state index in [0.717, 1.165) is 5.69 Å². The summed E-state index contributed by atoms with van der Waals surface area (Å²) in [4.78, 5) is 4.84. The van der Waals surface area contributed by atoms with E-state index in [4.69, 9.17) is 4.98 Å². The molecule has 0 spiro atoms. The Bertz CT molecular complexity index is 1220. The summed E-state index contributed by atoms with van der Waals surface area (Å²) >= 11 is 0. The number of hydrogen-bond donors (Lipinski definition) is 0. The number of nitrogens with zero attached hydrogens (tertiary/aromatic N) is 1. The van der Waals surface area contributed by atoms with Gasteiger partial charge in [-0.2, -0.15) is 0 Å². The minimum Gasteiger partial charge on any atom is -0.256 e. The summed E-state index contributed by atoms with van der Waals surface area (Å²) in [6.45, 7) is 11.6. The second-order valence-electron chi connectivity index (χ2n) is 9.37. The minimum atomic E-state index is -0.0776. The topological polar surface area (TPSA) is 12.9 Å². The van der Waals surface area contributed by atoms with Crippen LogP contribution in [0.2, 0.25) is 0 Å². The lowest BCUT2D eigenvalue weighted by atomic mass is 9.67. The van der Waals surface area contributed by atoms with Crippen LogP contribution in [0.25, 0.3) is 32.8 Å². The van der Waals surface area contributed by atoms with E-state index in [9.17, 15) is 0 Å². The van der Waals surface area contributed by atoms with E-state index in [1.807, 2.05) is 6.20 Å². The second-order valence-corrected chi connectivity index (χ2v) is 9.37. The van der Waals surface area contributed by atoms with Crippen LogP contribution in [0.5, 0.6) is 0 Å². The van der Waals surface area contributed by atoms with Gasteiger partial charge in [0.2, 0.25) is 0 Å². The molecule has 0 saturated heterocycles. The van der Waals surface area contributed by atoms with Crippen molar-refractivity contribution in [2.75, 3.05) is 0 Å². The van der Waals surface area contributed by atoms with Gasteiger partial charge in [-0.15, -0.1) is 0 Å². The maximum atomic E-state index is 4.84. The van der Waals surface area contributed by atoms with Crippen molar-refractivity contribution in [2.45, 2.75) is 45.4 Å². The Labute approximate surface area is 161 Å². The number of fused-ring (bicyclic) bond motifs is 4. The first kappa shape index (κ1) is 16.5. The van der Waals surface area contributed by atoms with Gasteiger partial charge in [-0.3, -0.25) is 4.98 Å². The summed E-state index contributed by atoms with van der Waals surface area (Å²) in [5, 5.41) is 5.25. The standard InChI is InChI=1S/C26H25N/c1-25(2,3)18-14-17-12-13-27-24-20-11-10-16-8-6-7-9-19(16)23(20)26(4,5)21(15-18)22(17)24/h6-15H,1-5H3. The van der Waals surface area contributed by atoms with Crippen LogP contribution >= 0.6 is 0 Å². The van der Waals surface area contributed by atoms with Crippen LogP contribution in [0.3, 0.4) is 0 Å². The molecule has 1 aromatic heterocycles. The van der Waals surface area contributed by atoms with Crippen LogP contribution in [-0.2, 0) is 10.8 Å². The molecule has 0 saturated carbocycles. The van der Waals surface area contributed by atoms with Crippen molar-refractivity contribution >= 4 is 21.5 Å². The molecule has 1 heterocycles. The van der Waals surface area contributed by atoms with E-state index >= 15 is 0 Å². The largest absolute Gasteiger partial charge is 0.256 e. The quantitative estimate of drug-likeness (QED) is 0.332. The van der Waals surface area contributed by atoms with Gasteiger partial charge in [0.05, 0.1) is 5.69 Å². The fourth-order valence-electron chi connectivity index (χ4n) is 4.72. The highest BCUT2D eigenvalue weighted by Gasteiger charge is 2.36. The SMILES string of the molecule is CC(C)(C)c1cc2c3c(nccc3c1)-c1ccc3ccccc3c1C2(C)C. The first-order chi connectivity index (χ1) is 12.8. The van der Waals surface area contributed by atoms with E-state index in [1.165, 1.54) is 43.8 Å². The fraction of sp³-hybridized carbons (Fsp3) is 0.269. The highest BCUT2D eigenvalue weighted by molar-refractivity contribution is 6.05. The number of rotatable bonds is 0. The third-order valence-electron chi connectivity index (χ3n) is 6.21. The summed E-state index contributed by atoms with van der Waals surface area (Å²) in [5.41, 5.74) is 6.63. The Kier molecular flexibility index (Phi) is 3.17. The summed E-state index contributed by atoms with van der Waals surface area (Å²) in [5.74, 6) is 0. The number of aromatic nitrogens is 1. The van der Waals surface area contributed by atoms with Crippen molar-refractivity contribution in [1.29, 1.82) is 0 Å². The smallest absolute Gasteiger partial charge is 0.0786 e. The third kappa shape index (κ3) is 2.21. The van der Waals surface area contributed by atoms with Gasteiger partial charge in [0, 0.05) is 22.6 Å². The lowest BCUT2D eigenvalue weighted by Gasteiger charge is -2.37. The van der Waals surface area contributed by atoms with Gasteiger partial charge in [0.15, 0.2) is 0 Å². The van der Waals surface area contributed by atoms with E-state index in [-0.39, 0.29) is 10.8 Å². The average molecular weight is 351 g/mol. The van der Waals surface area contributed by atoms with Gasteiger partial charge in [-0.05, 0) is 44.3 Å². The molecule has 0 fully saturated rings. The van der Waals surface area contributed by atoms with E-state index in [0.29, 0.717) is 0 Å².